The first-order valence-electron chi connectivity index (χ1n) is 5.56. The van der Waals surface area contributed by atoms with E-state index in [1.807, 2.05) is 18.2 Å². The van der Waals surface area contributed by atoms with Gasteiger partial charge in [-0.1, -0.05) is 6.07 Å². The average Bonchev–Trinajstić information content (AvgIpc) is 2.32. The molecule has 0 aliphatic heterocycles. The maximum absolute atomic E-state index is 11.0. The molecule has 0 atom stereocenters. The molecule has 0 saturated carbocycles. The molecule has 0 amide bonds. The standard InChI is InChI=1S/C12H15Br2NO3/c1-2-18-11(16)8-17-7-6-15-12-9(13)4-3-5-10(12)14/h3-5,15H,2,6-8H2,1H3. The van der Waals surface area contributed by atoms with Crippen molar-refractivity contribution in [1.29, 1.82) is 0 Å². The SMILES string of the molecule is CCOC(=O)COCCNc1c(Br)cccc1Br. The number of hydrogen-bond donors (Lipinski definition) is 1. The molecule has 0 aliphatic carbocycles. The second kappa shape index (κ2) is 8.50. The van der Waals surface area contributed by atoms with Crippen LogP contribution in [-0.2, 0) is 14.3 Å². The Kier molecular flexibility index (Phi) is 7.31. The van der Waals surface area contributed by atoms with Crippen LogP contribution in [0.4, 0.5) is 5.69 Å². The Balaban J connectivity index is 2.24. The average molecular weight is 381 g/mol. The quantitative estimate of drug-likeness (QED) is 0.582. The van der Waals surface area contributed by atoms with E-state index in [9.17, 15) is 4.79 Å². The van der Waals surface area contributed by atoms with Crippen molar-refractivity contribution in [2.75, 3.05) is 31.7 Å². The molecule has 0 bridgehead atoms. The third-order valence-electron chi connectivity index (χ3n) is 2.04. The zero-order valence-corrected chi connectivity index (χ0v) is 13.2. The largest absolute Gasteiger partial charge is 0.464 e. The Bertz CT molecular complexity index is 379. The van der Waals surface area contributed by atoms with Gasteiger partial charge in [-0.2, -0.15) is 0 Å². The first-order chi connectivity index (χ1) is 8.65. The monoisotopic (exact) mass is 379 g/mol. The van der Waals surface area contributed by atoms with Crippen LogP contribution in [0, 0.1) is 0 Å². The minimum atomic E-state index is -0.334. The van der Waals surface area contributed by atoms with Crippen molar-refractivity contribution < 1.29 is 14.3 Å². The lowest BCUT2D eigenvalue weighted by Crippen LogP contribution is -2.16. The first kappa shape index (κ1) is 15.5. The molecular weight excluding hydrogens is 366 g/mol. The van der Waals surface area contributed by atoms with Crippen molar-refractivity contribution in [3.63, 3.8) is 0 Å². The van der Waals surface area contributed by atoms with Gasteiger partial charge in [0.25, 0.3) is 0 Å². The van der Waals surface area contributed by atoms with Gasteiger partial charge in [-0.05, 0) is 50.9 Å². The smallest absolute Gasteiger partial charge is 0.332 e. The molecule has 100 valence electrons. The lowest BCUT2D eigenvalue weighted by Gasteiger charge is -2.10. The topological polar surface area (TPSA) is 47.6 Å². The second-order valence-corrected chi connectivity index (χ2v) is 5.09. The van der Waals surface area contributed by atoms with Gasteiger partial charge in [0.1, 0.15) is 6.61 Å². The van der Waals surface area contributed by atoms with Crippen molar-refractivity contribution in [3.8, 4) is 0 Å². The number of ether oxygens (including phenoxy) is 2. The molecule has 18 heavy (non-hydrogen) atoms. The van der Waals surface area contributed by atoms with E-state index in [0.29, 0.717) is 19.8 Å². The van der Waals surface area contributed by atoms with Crippen LogP contribution in [0.2, 0.25) is 0 Å². The number of rotatable bonds is 7. The predicted octanol–water partition coefficient (Wildman–Crippen LogP) is 3.20. The second-order valence-electron chi connectivity index (χ2n) is 3.38. The molecule has 1 rings (SSSR count). The fourth-order valence-electron chi connectivity index (χ4n) is 1.27. The van der Waals surface area contributed by atoms with Gasteiger partial charge in [0, 0.05) is 15.5 Å². The molecule has 0 unspecified atom stereocenters. The van der Waals surface area contributed by atoms with Gasteiger partial charge < -0.3 is 14.8 Å². The summed E-state index contributed by atoms with van der Waals surface area (Å²) < 4.78 is 11.9. The number of halogens is 2. The summed E-state index contributed by atoms with van der Waals surface area (Å²) in [6.07, 6.45) is 0. The number of esters is 1. The number of carbonyl (C=O) groups is 1. The van der Waals surface area contributed by atoms with Gasteiger partial charge in [-0.25, -0.2) is 4.79 Å². The van der Waals surface area contributed by atoms with Crippen LogP contribution < -0.4 is 5.32 Å². The number of carbonyl (C=O) groups excluding carboxylic acids is 1. The molecular formula is C12H15Br2NO3. The molecule has 0 saturated heterocycles. The molecule has 0 spiro atoms. The lowest BCUT2D eigenvalue weighted by molar-refractivity contribution is -0.148. The van der Waals surface area contributed by atoms with E-state index in [1.54, 1.807) is 6.92 Å². The van der Waals surface area contributed by atoms with Crippen LogP contribution >= 0.6 is 31.9 Å². The number of benzene rings is 1. The van der Waals surface area contributed by atoms with E-state index in [1.165, 1.54) is 0 Å². The molecule has 6 heteroatoms. The fraction of sp³-hybridized carbons (Fsp3) is 0.417. The normalized spacial score (nSPS) is 10.2. The van der Waals surface area contributed by atoms with E-state index >= 15 is 0 Å². The van der Waals surface area contributed by atoms with E-state index < -0.39 is 0 Å². The van der Waals surface area contributed by atoms with Crippen molar-refractivity contribution in [3.05, 3.63) is 27.1 Å². The van der Waals surface area contributed by atoms with Gasteiger partial charge in [0.2, 0.25) is 0 Å². The Labute approximate surface area is 123 Å². The summed E-state index contributed by atoms with van der Waals surface area (Å²) >= 11 is 6.91. The molecule has 4 nitrogen and oxygen atoms in total. The van der Waals surface area contributed by atoms with Gasteiger partial charge in [0.15, 0.2) is 0 Å². The summed E-state index contributed by atoms with van der Waals surface area (Å²) in [7, 11) is 0. The van der Waals surface area contributed by atoms with Crippen LogP contribution in [0.25, 0.3) is 0 Å². The summed E-state index contributed by atoms with van der Waals surface area (Å²) in [5.74, 6) is -0.334. The predicted molar refractivity (Wildman–Crippen MR) is 77.8 cm³/mol. The van der Waals surface area contributed by atoms with Crippen LogP contribution in [0.1, 0.15) is 6.92 Å². The van der Waals surface area contributed by atoms with Crippen molar-refractivity contribution >= 4 is 43.5 Å². The highest BCUT2D eigenvalue weighted by molar-refractivity contribution is 9.11. The van der Waals surface area contributed by atoms with Gasteiger partial charge in [0.05, 0.1) is 18.9 Å². The fourth-order valence-corrected chi connectivity index (χ4v) is 2.55. The third-order valence-corrected chi connectivity index (χ3v) is 3.36. The summed E-state index contributed by atoms with van der Waals surface area (Å²) in [5.41, 5.74) is 0.970. The summed E-state index contributed by atoms with van der Waals surface area (Å²) in [6.45, 7) is 3.19. The first-order valence-corrected chi connectivity index (χ1v) is 7.15. The Morgan fingerprint density at radius 1 is 1.33 bits per heavy atom. The molecule has 0 fully saturated rings. The highest BCUT2D eigenvalue weighted by Crippen LogP contribution is 2.30. The summed E-state index contributed by atoms with van der Waals surface area (Å²) in [6, 6.07) is 5.84. The van der Waals surface area contributed by atoms with Crippen LogP contribution in [-0.4, -0.2) is 32.3 Å². The highest BCUT2D eigenvalue weighted by Gasteiger charge is 2.04. The molecule has 0 radical (unpaired) electrons. The van der Waals surface area contributed by atoms with Gasteiger partial charge in [-0.3, -0.25) is 0 Å². The van der Waals surface area contributed by atoms with Crippen LogP contribution in [0.5, 0.6) is 0 Å². The molecule has 0 aliphatic rings. The zero-order valence-electron chi connectivity index (χ0n) is 10.0. The van der Waals surface area contributed by atoms with Gasteiger partial charge in [-0.15, -0.1) is 0 Å². The Morgan fingerprint density at radius 3 is 2.61 bits per heavy atom. The van der Waals surface area contributed by atoms with Crippen LogP contribution in [0.15, 0.2) is 27.1 Å². The summed E-state index contributed by atoms with van der Waals surface area (Å²) in [4.78, 5) is 11.0. The van der Waals surface area contributed by atoms with E-state index in [2.05, 4.69) is 37.2 Å². The van der Waals surface area contributed by atoms with Crippen LogP contribution in [0.3, 0.4) is 0 Å². The number of nitrogens with one attached hydrogen (secondary N) is 1. The molecule has 0 aromatic heterocycles. The number of para-hydroxylation sites is 1. The lowest BCUT2D eigenvalue weighted by atomic mass is 10.3. The van der Waals surface area contributed by atoms with Crippen molar-refractivity contribution in [2.45, 2.75) is 6.92 Å². The molecule has 0 heterocycles. The highest BCUT2D eigenvalue weighted by atomic mass is 79.9. The van der Waals surface area contributed by atoms with Crippen molar-refractivity contribution in [2.24, 2.45) is 0 Å². The maximum Gasteiger partial charge on any atom is 0.332 e. The van der Waals surface area contributed by atoms with Crippen molar-refractivity contribution in [1.82, 2.24) is 0 Å². The van der Waals surface area contributed by atoms with E-state index in [0.717, 1.165) is 14.6 Å². The number of hydrogen-bond acceptors (Lipinski definition) is 4. The minimum absolute atomic E-state index is 0.00729. The van der Waals surface area contributed by atoms with E-state index in [-0.39, 0.29) is 12.6 Å². The number of anilines is 1. The summed E-state index contributed by atoms with van der Waals surface area (Å²) in [5, 5.41) is 3.22. The maximum atomic E-state index is 11.0. The zero-order chi connectivity index (χ0) is 13.4. The molecule has 1 aromatic rings. The van der Waals surface area contributed by atoms with E-state index in [4.69, 9.17) is 9.47 Å². The van der Waals surface area contributed by atoms with Gasteiger partial charge >= 0.3 is 5.97 Å². The molecule has 1 aromatic carbocycles. The molecule has 1 N–H and O–H groups in total. The third kappa shape index (κ3) is 5.37. The Hall–Kier alpha value is -0.590. The Morgan fingerprint density at radius 2 is 2.00 bits per heavy atom. The minimum Gasteiger partial charge on any atom is -0.464 e.